The van der Waals surface area contributed by atoms with E-state index >= 15 is 0 Å². The molecular formula is C15H19F2NO2. The fourth-order valence-corrected chi connectivity index (χ4v) is 2.34. The number of aliphatic carboxylic acids is 1. The number of carboxylic acids is 1. The zero-order valence-corrected chi connectivity index (χ0v) is 11.7. The lowest BCUT2D eigenvalue weighted by Gasteiger charge is -2.28. The van der Waals surface area contributed by atoms with Crippen LogP contribution in [0.15, 0.2) is 12.1 Å². The number of nitrogens with zero attached hydrogens (tertiary/aromatic N) is 1. The lowest BCUT2D eigenvalue weighted by Crippen LogP contribution is -2.34. The van der Waals surface area contributed by atoms with Crippen LogP contribution in [0.4, 0.5) is 8.78 Å². The molecule has 1 aromatic rings. The van der Waals surface area contributed by atoms with E-state index in [9.17, 15) is 13.6 Å². The van der Waals surface area contributed by atoms with Gasteiger partial charge in [0.25, 0.3) is 0 Å². The molecule has 0 amide bonds. The third-order valence-corrected chi connectivity index (χ3v) is 3.80. The Morgan fingerprint density at radius 1 is 1.40 bits per heavy atom. The molecule has 5 heteroatoms. The van der Waals surface area contributed by atoms with Crippen LogP contribution in [-0.2, 0) is 4.79 Å². The van der Waals surface area contributed by atoms with Gasteiger partial charge >= 0.3 is 5.97 Å². The van der Waals surface area contributed by atoms with Crippen LogP contribution in [-0.4, -0.2) is 29.1 Å². The number of hydrogen-bond acceptors (Lipinski definition) is 2. The Hall–Kier alpha value is -1.49. The van der Waals surface area contributed by atoms with Crippen molar-refractivity contribution >= 4 is 5.97 Å². The second kappa shape index (κ2) is 5.87. The summed E-state index contributed by atoms with van der Waals surface area (Å²) in [7, 11) is 0. The van der Waals surface area contributed by atoms with Crippen LogP contribution in [0.1, 0.15) is 36.9 Å². The van der Waals surface area contributed by atoms with E-state index in [0.29, 0.717) is 12.5 Å². The van der Waals surface area contributed by atoms with Gasteiger partial charge in [0.15, 0.2) is 0 Å². The second-order valence-electron chi connectivity index (χ2n) is 5.57. The molecule has 0 spiro atoms. The van der Waals surface area contributed by atoms with Gasteiger partial charge in [0.2, 0.25) is 0 Å². The SMILES string of the molecule is Cc1cc(F)c(C(C)N(CC(=O)O)CC2CC2)cc1F. The first-order valence-electron chi connectivity index (χ1n) is 6.80. The van der Waals surface area contributed by atoms with Gasteiger partial charge in [-0.15, -0.1) is 0 Å². The Balaban J connectivity index is 2.22. The number of hydrogen-bond donors (Lipinski definition) is 1. The highest BCUT2D eigenvalue weighted by Crippen LogP contribution is 2.33. The fraction of sp³-hybridized carbons (Fsp3) is 0.533. The van der Waals surface area contributed by atoms with Gasteiger partial charge < -0.3 is 5.11 Å². The van der Waals surface area contributed by atoms with Gasteiger partial charge in [-0.05, 0) is 50.3 Å². The van der Waals surface area contributed by atoms with Crippen molar-refractivity contribution < 1.29 is 18.7 Å². The predicted molar refractivity (Wildman–Crippen MR) is 71.4 cm³/mol. The number of carbonyl (C=O) groups is 1. The van der Waals surface area contributed by atoms with Crippen molar-refractivity contribution in [1.82, 2.24) is 4.90 Å². The van der Waals surface area contributed by atoms with E-state index in [1.54, 1.807) is 11.8 Å². The standard InChI is InChI=1S/C15H19F2NO2/c1-9-5-14(17)12(6-13(9)16)10(2)18(8-15(19)20)7-11-3-4-11/h5-6,10-11H,3-4,7-8H2,1-2H3,(H,19,20). The van der Waals surface area contributed by atoms with Crippen molar-refractivity contribution in [3.8, 4) is 0 Å². The minimum absolute atomic E-state index is 0.160. The van der Waals surface area contributed by atoms with E-state index in [1.807, 2.05) is 0 Å². The van der Waals surface area contributed by atoms with Crippen molar-refractivity contribution in [2.24, 2.45) is 5.92 Å². The molecule has 0 heterocycles. The maximum Gasteiger partial charge on any atom is 0.317 e. The lowest BCUT2D eigenvalue weighted by atomic mass is 10.0. The van der Waals surface area contributed by atoms with Crippen LogP contribution in [0.2, 0.25) is 0 Å². The summed E-state index contributed by atoms with van der Waals surface area (Å²) in [5, 5.41) is 8.97. The average molecular weight is 283 g/mol. The summed E-state index contributed by atoms with van der Waals surface area (Å²) in [5.41, 5.74) is 0.473. The molecule has 110 valence electrons. The summed E-state index contributed by atoms with van der Waals surface area (Å²) in [6.45, 7) is 3.68. The summed E-state index contributed by atoms with van der Waals surface area (Å²) in [4.78, 5) is 12.6. The molecule has 2 rings (SSSR count). The molecule has 0 radical (unpaired) electrons. The van der Waals surface area contributed by atoms with Crippen molar-refractivity contribution in [2.45, 2.75) is 32.7 Å². The van der Waals surface area contributed by atoms with Gasteiger partial charge in [-0.25, -0.2) is 8.78 Å². The van der Waals surface area contributed by atoms with E-state index in [-0.39, 0.29) is 17.7 Å². The molecule has 1 unspecified atom stereocenters. The molecule has 3 nitrogen and oxygen atoms in total. The monoisotopic (exact) mass is 283 g/mol. The van der Waals surface area contributed by atoms with Crippen LogP contribution >= 0.6 is 0 Å². The number of rotatable bonds is 6. The average Bonchev–Trinajstić information content (AvgIpc) is 3.15. The van der Waals surface area contributed by atoms with Gasteiger partial charge in [0.05, 0.1) is 6.54 Å². The Kier molecular flexibility index (Phi) is 4.38. The smallest absolute Gasteiger partial charge is 0.317 e. The lowest BCUT2D eigenvalue weighted by molar-refractivity contribution is -0.139. The molecule has 1 saturated carbocycles. The first kappa shape index (κ1) is 14.9. The van der Waals surface area contributed by atoms with Crippen LogP contribution in [0.25, 0.3) is 0 Å². The molecule has 0 bridgehead atoms. The van der Waals surface area contributed by atoms with Crippen molar-refractivity contribution in [3.63, 3.8) is 0 Å². The summed E-state index contributed by atoms with van der Waals surface area (Å²) in [6, 6.07) is 1.88. The third-order valence-electron chi connectivity index (χ3n) is 3.80. The van der Waals surface area contributed by atoms with Gasteiger partial charge in [-0.2, -0.15) is 0 Å². The Labute approximate surface area is 117 Å². The molecule has 0 aromatic heterocycles. The molecule has 20 heavy (non-hydrogen) atoms. The van der Waals surface area contributed by atoms with Crippen molar-refractivity contribution in [2.75, 3.05) is 13.1 Å². The van der Waals surface area contributed by atoms with Crippen LogP contribution in [0.5, 0.6) is 0 Å². The molecule has 1 fully saturated rings. The van der Waals surface area contributed by atoms with E-state index in [4.69, 9.17) is 5.11 Å². The zero-order chi connectivity index (χ0) is 14.9. The summed E-state index contributed by atoms with van der Waals surface area (Å²) < 4.78 is 27.6. The van der Waals surface area contributed by atoms with Gasteiger partial charge in [-0.1, -0.05) is 0 Å². The number of carboxylic acid groups (broad SMARTS) is 1. The minimum atomic E-state index is -0.953. The predicted octanol–water partition coefficient (Wildman–Crippen LogP) is 3.13. The Bertz CT molecular complexity index is 515. The molecule has 1 aliphatic rings. The number of aryl methyl sites for hydroxylation is 1. The topological polar surface area (TPSA) is 40.5 Å². The summed E-state index contributed by atoms with van der Waals surface area (Å²) in [6.07, 6.45) is 2.15. The molecule has 1 aromatic carbocycles. The summed E-state index contributed by atoms with van der Waals surface area (Å²) in [5.74, 6) is -1.42. The first-order valence-corrected chi connectivity index (χ1v) is 6.80. The largest absolute Gasteiger partial charge is 0.480 e. The van der Waals surface area contributed by atoms with Crippen LogP contribution < -0.4 is 0 Å². The van der Waals surface area contributed by atoms with E-state index < -0.39 is 23.6 Å². The maximum atomic E-state index is 14.0. The highest BCUT2D eigenvalue weighted by Gasteiger charge is 2.29. The maximum absolute atomic E-state index is 14.0. The van der Waals surface area contributed by atoms with Crippen molar-refractivity contribution in [1.29, 1.82) is 0 Å². The molecule has 1 N–H and O–H groups in total. The van der Waals surface area contributed by atoms with E-state index in [2.05, 4.69) is 0 Å². The van der Waals surface area contributed by atoms with Gasteiger partial charge in [0.1, 0.15) is 11.6 Å². The normalized spacial score (nSPS) is 16.4. The van der Waals surface area contributed by atoms with E-state index in [0.717, 1.165) is 18.9 Å². The third kappa shape index (κ3) is 3.54. The first-order chi connectivity index (χ1) is 9.38. The number of benzene rings is 1. The van der Waals surface area contributed by atoms with Crippen LogP contribution in [0, 0.1) is 24.5 Å². The minimum Gasteiger partial charge on any atom is -0.480 e. The Morgan fingerprint density at radius 3 is 2.60 bits per heavy atom. The second-order valence-corrected chi connectivity index (χ2v) is 5.57. The zero-order valence-electron chi connectivity index (χ0n) is 11.7. The Morgan fingerprint density at radius 2 is 2.05 bits per heavy atom. The van der Waals surface area contributed by atoms with Gasteiger partial charge in [-0.3, -0.25) is 9.69 Å². The van der Waals surface area contributed by atoms with Crippen molar-refractivity contribution in [3.05, 3.63) is 34.9 Å². The highest BCUT2D eigenvalue weighted by atomic mass is 19.1. The van der Waals surface area contributed by atoms with Crippen LogP contribution in [0.3, 0.4) is 0 Å². The number of halogens is 2. The molecular weight excluding hydrogens is 264 g/mol. The summed E-state index contributed by atoms with van der Waals surface area (Å²) >= 11 is 0. The molecule has 1 aliphatic carbocycles. The quantitative estimate of drug-likeness (QED) is 0.872. The fourth-order valence-electron chi connectivity index (χ4n) is 2.34. The highest BCUT2D eigenvalue weighted by molar-refractivity contribution is 5.69. The molecule has 0 aliphatic heterocycles. The van der Waals surface area contributed by atoms with Gasteiger partial charge in [0, 0.05) is 18.2 Å². The molecule has 1 atom stereocenters. The molecule has 0 saturated heterocycles. The van der Waals surface area contributed by atoms with E-state index in [1.165, 1.54) is 13.0 Å².